The van der Waals surface area contributed by atoms with E-state index in [-0.39, 0.29) is 23.9 Å². The summed E-state index contributed by atoms with van der Waals surface area (Å²) in [5.74, 6) is 0.440. The van der Waals surface area contributed by atoms with Crippen molar-refractivity contribution in [1.29, 1.82) is 0 Å². The Morgan fingerprint density at radius 3 is 2.70 bits per heavy atom. The highest BCUT2D eigenvalue weighted by Gasteiger charge is 2.25. The van der Waals surface area contributed by atoms with Crippen LogP contribution >= 0.6 is 0 Å². The molecule has 1 saturated heterocycles. The van der Waals surface area contributed by atoms with Crippen molar-refractivity contribution in [3.05, 3.63) is 53.8 Å². The Morgan fingerprint density at radius 2 is 1.97 bits per heavy atom. The van der Waals surface area contributed by atoms with Crippen molar-refractivity contribution in [3.8, 4) is 11.5 Å². The Kier molecular flexibility index (Phi) is 7.26. The van der Waals surface area contributed by atoms with E-state index in [1.807, 2.05) is 24.3 Å². The first-order valence-corrected chi connectivity index (χ1v) is 9.59. The summed E-state index contributed by atoms with van der Waals surface area (Å²) < 4.78 is 49.1. The lowest BCUT2D eigenvalue weighted by Gasteiger charge is -2.22. The molecule has 1 unspecified atom stereocenters. The van der Waals surface area contributed by atoms with Crippen molar-refractivity contribution < 1.29 is 22.6 Å². The van der Waals surface area contributed by atoms with Crippen LogP contribution in [-0.2, 0) is 6.54 Å². The molecule has 2 aromatic rings. The molecule has 1 aliphatic heterocycles. The number of hydrogen-bond acceptors (Lipinski definition) is 4. The van der Waals surface area contributed by atoms with Crippen molar-refractivity contribution >= 4 is 11.6 Å². The number of ether oxygens (including phenoxy) is 2. The Balaban J connectivity index is 1.60. The Labute approximate surface area is 173 Å². The number of hydrogen-bond donors (Lipinski definition) is 2. The van der Waals surface area contributed by atoms with E-state index in [1.165, 1.54) is 18.2 Å². The van der Waals surface area contributed by atoms with Crippen LogP contribution in [0.3, 0.4) is 0 Å². The molecule has 1 aliphatic rings. The van der Waals surface area contributed by atoms with E-state index in [4.69, 9.17) is 4.74 Å². The summed E-state index contributed by atoms with van der Waals surface area (Å²) in [7, 11) is 3.24. The van der Waals surface area contributed by atoms with E-state index in [9.17, 15) is 13.2 Å². The van der Waals surface area contributed by atoms with Gasteiger partial charge in [-0.3, -0.25) is 4.99 Å². The van der Waals surface area contributed by atoms with Crippen molar-refractivity contribution in [2.75, 3.05) is 32.1 Å². The average molecular weight is 422 g/mol. The number of guanidine groups is 1. The number of alkyl halides is 2. The monoisotopic (exact) mass is 422 g/mol. The van der Waals surface area contributed by atoms with Crippen LogP contribution in [0.5, 0.6) is 11.5 Å². The van der Waals surface area contributed by atoms with Crippen LogP contribution in [0.4, 0.5) is 18.9 Å². The van der Waals surface area contributed by atoms with Crippen LogP contribution in [-0.4, -0.2) is 45.9 Å². The largest absolute Gasteiger partial charge is 0.495 e. The number of nitrogens with zero attached hydrogens (tertiary/aromatic N) is 2. The topological polar surface area (TPSA) is 58.1 Å². The molecule has 9 heteroatoms. The molecule has 0 spiro atoms. The van der Waals surface area contributed by atoms with Gasteiger partial charge in [0.05, 0.1) is 12.8 Å². The van der Waals surface area contributed by atoms with Gasteiger partial charge < -0.3 is 25.0 Å². The third-order valence-electron chi connectivity index (χ3n) is 4.90. The average Bonchev–Trinajstić information content (AvgIpc) is 3.20. The van der Waals surface area contributed by atoms with Crippen molar-refractivity contribution in [2.45, 2.75) is 25.6 Å². The SMILES string of the molecule is CN=C(NCc1c(F)cccc1OC(F)F)NC1CCN(c2ccccc2OC)C1. The number of benzene rings is 2. The van der Waals surface area contributed by atoms with Crippen molar-refractivity contribution in [2.24, 2.45) is 4.99 Å². The summed E-state index contributed by atoms with van der Waals surface area (Å²) in [6, 6.07) is 11.8. The summed E-state index contributed by atoms with van der Waals surface area (Å²) in [6.45, 7) is -1.49. The Hall–Kier alpha value is -3.10. The zero-order valence-electron chi connectivity index (χ0n) is 16.9. The van der Waals surface area contributed by atoms with Gasteiger partial charge in [-0.15, -0.1) is 0 Å². The van der Waals surface area contributed by atoms with E-state index >= 15 is 0 Å². The van der Waals surface area contributed by atoms with Crippen molar-refractivity contribution in [3.63, 3.8) is 0 Å². The van der Waals surface area contributed by atoms with E-state index in [2.05, 4.69) is 25.3 Å². The van der Waals surface area contributed by atoms with Gasteiger partial charge in [0, 0.05) is 38.3 Å². The minimum absolute atomic E-state index is 0.0165. The smallest absolute Gasteiger partial charge is 0.387 e. The van der Waals surface area contributed by atoms with Gasteiger partial charge >= 0.3 is 6.61 Å². The highest BCUT2D eigenvalue weighted by atomic mass is 19.3. The standard InChI is InChI=1S/C21H25F3N4O2/c1-25-21(26-12-15-16(22)6-5-9-18(15)30-20(23)24)27-14-10-11-28(13-14)17-7-3-4-8-19(17)29-2/h3-9,14,20H,10-13H2,1-2H3,(H2,25,26,27). The number of anilines is 1. The number of para-hydroxylation sites is 2. The molecule has 3 rings (SSSR count). The molecular weight excluding hydrogens is 397 g/mol. The predicted octanol–water partition coefficient (Wildman–Crippen LogP) is 3.38. The second-order valence-corrected chi connectivity index (χ2v) is 6.77. The van der Waals surface area contributed by atoms with Crippen LogP contribution < -0.4 is 25.0 Å². The van der Waals surface area contributed by atoms with E-state index in [1.54, 1.807) is 14.2 Å². The molecule has 30 heavy (non-hydrogen) atoms. The second-order valence-electron chi connectivity index (χ2n) is 6.77. The summed E-state index contributed by atoms with van der Waals surface area (Å²) in [5, 5.41) is 6.27. The van der Waals surface area contributed by atoms with Gasteiger partial charge in [-0.2, -0.15) is 8.78 Å². The number of nitrogens with one attached hydrogen (secondary N) is 2. The molecule has 0 radical (unpaired) electrons. The van der Waals surface area contributed by atoms with E-state index in [0.717, 1.165) is 30.9 Å². The molecule has 2 aromatic carbocycles. The number of halogens is 3. The maximum absolute atomic E-state index is 14.1. The molecular formula is C21H25F3N4O2. The molecule has 0 amide bonds. The van der Waals surface area contributed by atoms with Crippen LogP contribution in [0, 0.1) is 5.82 Å². The molecule has 1 atom stereocenters. The van der Waals surface area contributed by atoms with Gasteiger partial charge in [0.1, 0.15) is 17.3 Å². The first-order valence-electron chi connectivity index (χ1n) is 9.59. The minimum atomic E-state index is -3.03. The minimum Gasteiger partial charge on any atom is -0.495 e. The van der Waals surface area contributed by atoms with Gasteiger partial charge in [0.15, 0.2) is 5.96 Å². The number of aliphatic imine (C=N–C) groups is 1. The molecule has 0 aromatic heterocycles. The van der Waals surface area contributed by atoms with Crippen LogP contribution in [0.2, 0.25) is 0 Å². The van der Waals surface area contributed by atoms with Gasteiger partial charge in [0.2, 0.25) is 0 Å². The third-order valence-corrected chi connectivity index (χ3v) is 4.90. The second kappa shape index (κ2) is 10.1. The fourth-order valence-electron chi connectivity index (χ4n) is 3.46. The molecule has 162 valence electrons. The lowest BCUT2D eigenvalue weighted by Crippen LogP contribution is -2.44. The fraction of sp³-hybridized carbons (Fsp3) is 0.381. The van der Waals surface area contributed by atoms with Gasteiger partial charge in [-0.1, -0.05) is 18.2 Å². The summed E-state index contributed by atoms with van der Waals surface area (Å²) >= 11 is 0. The van der Waals surface area contributed by atoms with Gasteiger partial charge in [-0.05, 0) is 30.7 Å². The molecule has 6 nitrogen and oxygen atoms in total. The number of methoxy groups -OCH3 is 1. The summed E-state index contributed by atoms with van der Waals surface area (Å²) in [6.07, 6.45) is 0.873. The summed E-state index contributed by atoms with van der Waals surface area (Å²) in [4.78, 5) is 6.38. The molecule has 0 aliphatic carbocycles. The lowest BCUT2D eigenvalue weighted by molar-refractivity contribution is -0.0506. The highest BCUT2D eigenvalue weighted by Crippen LogP contribution is 2.30. The molecule has 1 heterocycles. The van der Waals surface area contributed by atoms with Crippen molar-refractivity contribution in [1.82, 2.24) is 10.6 Å². The molecule has 0 bridgehead atoms. The van der Waals surface area contributed by atoms with Gasteiger partial charge in [-0.25, -0.2) is 4.39 Å². The van der Waals surface area contributed by atoms with Crippen LogP contribution in [0.15, 0.2) is 47.5 Å². The quantitative estimate of drug-likeness (QED) is 0.529. The molecule has 0 saturated carbocycles. The normalized spacial score (nSPS) is 16.7. The Bertz CT molecular complexity index is 879. The van der Waals surface area contributed by atoms with E-state index < -0.39 is 12.4 Å². The highest BCUT2D eigenvalue weighted by molar-refractivity contribution is 5.80. The third kappa shape index (κ3) is 5.28. The van der Waals surface area contributed by atoms with E-state index in [0.29, 0.717) is 5.96 Å². The predicted molar refractivity (Wildman–Crippen MR) is 110 cm³/mol. The first-order chi connectivity index (χ1) is 14.5. The zero-order chi connectivity index (χ0) is 21.5. The molecule has 1 fully saturated rings. The summed E-state index contributed by atoms with van der Waals surface area (Å²) in [5.41, 5.74) is 1.04. The maximum atomic E-state index is 14.1. The van der Waals surface area contributed by atoms with Gasteiger partial charge in [0.25, 0.3) is 0 Å². The Morgan fingerprint density at radius 1 is 1.20 bits per heavy atom. The van der Waals surface area contributed by atoms with Crippen LogP contribution in [0.1, 0.15) is 12.0 Å². The maximum Gasteiger partial charge on any atom is 0.387 e. The lowest BCUT2D eigenvalue weighted by atomic mass is 10.2. The molecule has 2 N–H and O–H groups in total. The number of rotatable bonds is 7. The first kappa shape index (κ1) is 21.6. The fourth-order valence-corrected chi connectivity index (χ4v) is 3.46. The zero-order valence-corrected chi connectivity index (χ0v) is 16.9. The van der Waals surface area contributed by atoms with Crippen LogP contribution in [0.25, 0.3) is 0 Å².